The highest BCUT2D eigenvalue weighted by Crippen LogP contribution is 2.37. The number of aromatic nitrogens is 5. The maximum absolute atomic E-state index is 15.1. The molecule has 14 heteroatoms. The van der Waals surface area contributed by atoms with Crippen LogP contribution < -0.4 is 14.8 Å². The Hall–Kier alpha value is -4.98. The molecule has 1 amide bonds. The van der Waals surface area contributed by atoms with Crippen LogP contribution in [-0.2, 0) is 20.7 Å². The average Bonchev–Trinajstić information content (AvgIpc) is 3.42. The molecule has 1 N–H and O–H groups in total. The van der Waals surface area contributed by atoms with E-state index in [-0.39, 0.29) is 18.1 Å². The second kappa shape index (κ2) is 13.8. The first kappa shape index (κ1) is 31.4. The normalized spacial score (nSPS) is 12.5. The van der Waals surface area contributed by atoms with Gasteiger partial charge in [0.1, 0.15) is 23.0 Å². The largest absolute Gasteiger partial charge is 0.484 e. The number of anilines is 1. The number of hydrogen-bond donors (Lipinski definition) is 1. The minimum absolute atomic E-state index is 0.00671. The van der Waals surface area contributed by atoms with Crippen molar-refractivity contribution in [2.24, 2.45) is 0 Å². The number of ether oxygens (including phenoxy) is 4. The zero-order valence-corrected chi connectivity index (χ0v) is 26.1. The molecule has 2 aromatic carbocycles. The van der Waals surface area contributed by atoms with Gasteiger partial charge in [0.05, 0.1) is 65.7 Å². The summed E-state index contributed by atoms with van der Waals surface area (Å²) in [7, 11) is 1.31. The Morgan fingerprint density at radius 3 is 2.51 bits per heavy atom. The SMILES string of the molecule is CCOc1cnc2c(-c3nc4cc(F)c(OC(C)C(C)OC(=O)Nc5cnc(CCC(=O)OC)nc5)cc4s3)cc(C)cc2n1. The van der Waals surface area contributed by atoms with Crippen LogP contribution in [0.3, 0.4) is 0 Å². The van der Waals surface area contributed by atoms with Crippen LogP contribution in [0.1, 0.15) is 38.6 Å². The zero-order valence-electron chi connectivity index (χ0n) is 25.3. The lowest BCUT2D eigenvalue weighted by Crippen LogP contribution is -2.32. The van der Waals surface area contributed by atoms with E-state index in [2.05, 4.69) is 35.0 Å². The number of carbonyl (C=O) groups is 2. The van der Waals surface area contributed by atoms with Gasteiger partial charge in [-0.2, -0.15) is 0 Å². The molecule has 0 bridgehead atoms. The topological polar surface area (TPSA) is 148 Å². The Morgan fingerprint density at radius 2 is 1.78 bits per heavy atom. The molecular weight excluding hydrogens is 603 g/mol. The van der Waals surface area contributed by atoms with Gasteiger partial charge in [0, 0.05) is 24.1 Å². The number of amides is 1. The van der Waals surface area contributed by atoms with Crippen molar-refractivity contribution in [1.29, 1.82) is 0 Å². The molecule has 3 aromatic heterocycles. The molecule has 0 aliphatic carbocycles. The highest BCUT2D eigenvalue weighted by molar-refractivity contribution is 7.21. The first-order valence-electron chi connectivity index (χ1n) is 14.2. The smallest absolute Gasteiger partial charge is 0.412 e. The summed E-state index contributed by atoms with van der Waals surface area (Å²) in [6.45, 7) is 7.63. The maximum atomic E-state index is 15.1. The lowest BCUT2D eigenvalue weighted by molar-refractivity contribution is -0.140. The van der Waals surface area contributed by atoms with Gasteiger partial charge in [0.25, 0.3) is 0 Å². The van der Waals surface area contributed by atoms with Crippen LogP contribution in [0.5, 0.6) is 11.6 Å². The molecule has 45 heavy (non-hydrogen) atoms. The van der Waals surface area contributed by atoms with E-state index in [1.54, 1.807) is 26.1 Å². The van der Waals surface area contributed by atoms with Crippen LogP contribution in [0, 0.1) is 12.7 Å². The number of benzene rings is 2. The number of fused-ring (bicyclic) bond motifs is 2. The number of nitrogens with zero attached hydrogens (tertiary/aromatic N) is 5. The number of methoxy groups -OCH3 is 1. The number of esters is 1. The number of hydrogen-bond acceptors (Lipinski definition) is 12. The summed E-state index contributed by atoms with van der Waals surface area (Å²) in [5, 5.41) is 3.21. The molecule has 3 heterocycles. The number of aryl methyl sites for hydroxylation is 2. The molecule has 2 atom stereocenters. The molecule has 0 saturated carbocycles. The maximum Gasteiger partial charge on any atom is 0.412 e. The Kier molecular flexibility index (Phi) is 9.62. The van der Waals surface area contributed by atoms with E-state index in [4.69, 9.17) is 14.2 Å². The van der Waals surface area contributed by atoms with Gasteiger partial charge in [-0.05, 0) is 45.4 Å². The standard InChI is InChI=1S/C31H31FN6O6S/c1-6-42-27-15-35-29-20(9-16(2)10-23(29)37-27)30-38-22-11-21(32)24(12-25(22)45-30)43-17(3)18(4)44-31(40)36-19-13-33-26(34-14-19)7-8-28(39)41-5/h9-15,17-18H,6-8H2,1-5H3,(H,36,40). The van der Waals surface area contributed by atoms with Crippen LogP contribution >= 0.6 is 11.3 Å². The van der Waals surface area contributed by atoms with Crippen molar-refractivity contribution < 1.29 is 32.9 Å². The summed E-state index contributed by atoms with van der Waals surface area (Å²) in [6, 6.07) is 6.81. The van der Waals surface area contributed by atoms with E-state index >= 15 is 4.39 Å². The summed E-state index contributed by atoms with van der Waals surface area (Å²) in [5.74, 6) is -0.0838. The molecule has 0 saturated heterocycles. The highest BCUT2D eigenvalue weighted by Gasteiger charge is 2.22. The van der Waals surface area contributed by atoms with Gasteiger partial charge in [-0.15, -0.1) is 11.3 Å². The fraction of sp³-hybridized carbons (Fsp3) is 0.323. The predicted molar refractivity (Wildman–Crippen MR) is 166 cm³/mol. The van der Waals surface area contributed by atoms with Crippen LogP contribution in [-0.4, -0.2) is 62.9 Å². The molecule has 12 nitrogen and oxygen atoms in total. The Labute approximate surface area is 262 Å². The number of rotatable bonds is 11. The molecule has 234 valence electrons. The van der Waals surface area contributed by atoms with E-state index in [9.17, 15) is 9.59 Å². The van der Waals surface area contributed by atoms with Gasteiger partial charge in [-0.3, -0.25) is 10.1 Å². The van der Waals surface area contributed by atoms with E-state index in [1.807, 2.05) is 26.0 Å². The van der Waals surface area contributed by atoms with Crippen molar-refractivity contribution in [3.8, 4) is 22.2 Å². The summed E-state index contributed by atoms with van der Waals surface area (Å²) in [6.07, 6.45) is 2.66. The fourth-order valence-electron chi connectivity index (χ4n) is 4.34. The second-order valence-corrected chi connectivity index (χ2v) is 11.1. The predicted octanol–water partition coefficient (Wildman–Crippen LogP) is 6.05. The third-order valence-electron chi connectivity index (χ3n) is 6.73. The third-order valence-corrected chi connectivity index (χ3v) is 7.78. The Bertz CT molecular complexity index is 1850. The van der Waals surface area contributed by atoms with Crippen molar-refractivity contribution in [2.75, 3.05) is 19.0 Å². The van der Waals surface area contributed by atoms with Crippen LogP contribution in [0.4, 0.5) is 14.9 Å². The average molecular weight is 635 g/mol. The summed E-state index contributed by atoms with van der Waals surface area (Å²) in [5.41, 5.74) is 3.89. The van der Waals surface area contributed by atoms with Crippen molar-refractivity contribution >= 4 is 50.3 Å². The molecule has 5 rings (SSSR count). The van der Waals surface area contributed by atoms with E-state index in [0.29, 0.717) is 56.7 Å². The van der Waals surface area contributed by atoms with Gasteiger partial charge in [0.2, 0.25) is 5.88 Å². The number of halogens is 1. The van der Waals surface area contributed by atoms with Crippen LogP contribution in [0.25, 0.3) is 31.8 Å². The van der Waals surface area contributed by atoms with Gasteiger partial charge >= 0.3 is 12.1 Å². The van der Waals surface area contributed by atoms with Crippen LogP contribution in [0.15, 0.2) is 42.9 Å². The first-order chi connectivity index (χ1) is 21.6. The van der Waals surface area contributed by atoms with Gasteiger partial charge in [-0.25, -0.2) is 34.1 Å². The fourth-order valence-corrected chi connectivity index (χ4v) is 5.33. The monoisotopic (exact) mass is 634 g/mol. The summed E-state index contributed by atoms with van der Waals surface area (Å²) < 4.78 is 37.3. The lowest BCUT2D eigenvalue weighted by atomic mass is 10.1. The van der Waals surface area contributed by atoms with E-state index in [1.165, 1.54) is 36.9 Å². The minimum atomic E-state index is -0.756. The molecule has 0 aliphatic rings. The number of nitrogens with one attached hydrogen (secondary N) is 1. The Morgan fingerprint density at radius 1 is 1.00 bits per heavy atom. The van der Waals surface area contributed by atoms with Crippen molar-refractivity contribution in [3.05, 3.63) is 60.1 Å². The molecule has 2 unspecified atom stereocenters. The van der Waals surface area contributed by atoms with Crippen molar-refractivity contribution in [1.82, 2.24) is 24.9 Å². The third kappa shape index (κ3) is 7.58. The number of carbonyl (C=O) groups excluding carboxylic acids is 2. The molecule has 0 aliphatic heterocycles. The molecule has 0 spiro atoms. The Balaban J connectivity index is 1.25. The molecule has 5 aromatic rings. The quantitative estimate of drug-likeness (QED) is 0.169. The first-order valence-corrected chi connectivity index (χ1v) is 15.0. The summed E-state index contributed by atoms with van der Waals surface area (Å²) >= 11 is 1.38. The summed E-state index contributed by atoms with van der Waals surface area (Å²) in [4.78, 5) is 45.8. The lowest BCUT2D eigenvalue weighted by Gasteiger charge is -2.22. The molecular formula is C31H31FN6O6S. The number of thiazole rings is 1. The highest BCUT2D eigenvalue weighted by atomic mass is 32.1. The van der Waals surface area contributed by atoms with E-state index < -0.39 is 24.1 Å². The zero-order chi connectivity index (χ0) is 32.1. The van der Waals surface area contributed by atoms with Gasteiger partial charge in [-0.1, -0.05) is 0 Å². The second-order valence-electron chi connectivity index (χ2n) is 10.1. The minimum Gasteiger partial charge on any atom is -0.484 e. The van der Waals surface area contributed by atoms with Gasteiger partial charge < -0.3 is 18.9 Å². The van der Waals surface area contributed by atoms with Gasteiger partial charge in [0.15, 0.2) is 11.6 Å². The van der Waals surface area contributed by atoms with Crippen LogP contribution in [0.2, 0.25) is 0 Å². The molecule has 0 radical (unpaired) electrons. The van der Waals surface area contributed by atoms with Crippen molar-refractivity contribution in [3.63, 3.8) is 0 Å². The van der Waals surface area contributed by atoms with E-state index in [0.717, 1.165) is 11.1 Å². The molecule has 0 fully saturated rings. The van der Waals surface area contributed by atoms with Crippen molar-refractivity contribution in [2.45, 2.75) is 52.7 Å².